The number of ether oxygens (including phenoxy) is 1. The molecule has 0 N–H and O–H groups in total. The molecule has 1 atom stereocenters. The van der Waals surface area contributed by atoms with E-state index in [-0.39, 0.29) is 17.9 Å². The molecule has 152 valence electrons. The van der Waals surface area contributed by atoms with Crippen LogP contribution >= 0.6 is 0 Å². The number of fused-ring (bicyclic) bond motifs is 1. The van der Waals surface area contributed by atoms with Gasteiger partial charge in [0.2, 0.25) is 0 Å². The zero-order valence-electron chi connectivity index (χ0n) is 17.0. The number of carbonyl (C=O) groups excluding carboxylic acids is 2. The molecule has 1 amide bonds. The van der Waals surface area contributed by atoms with Crippen molar-refractivity contribution in [2.75, 3.05) is 13.2 Å². The van der Waals surface area contributed by atoms with Crippen molar-refractivity contribution in [3.63, 3.8) is 0 Å². The van der Waals surface area contributed by atoms with E-state index < -0.39 is 0 Å². The molecule has 0 saturated carbocycles. The van der Waals surface area contributed by atoms with Crippen LogP contribution in [0.3, 0.4) is 0 Å². The van der Waals surface area contributed by atoms with E-state index >= 15 is 0 Å². The number of para-hydroxylation sites is 1. The van der Waals surface area contributed by atoms with E-state index in [1.54, 1.807) is 0 Å². The first-order valence-electron chi connectivity index (χ1n) is 10.2. The summed E-state index contributed by atoms with van der Waals surface area (Å²) >= 11 is 0. The Kier molecular flexibility index (Phi) is 5.43. The van der Waals surface area contributed by atoms with Gasteiger partial charge in [-0.1, -0.05) is 18.2 Å². The van der Waals surface area contributed by atoms with Gasteiger partial charge in [0.15, 0.2) is 0 Å². The van der Waals surface area contributed by atoms with Gasteiger partial charge in [0, 0.05) is 56.4 Å². The minimum Gasteiger partial charge on any atom is -0.462 e. The highest BCUT2D eigenvalue weighted by molar-refractivity contribution is 6.04. The third-order valence-electron chi connectivity index (χ3n) is 5.85. The van der Waals surface area contributed by atoms with E-state index in [4.69, 9.17) is 4.74 Å². The molecule has 29 heavy (non-hydrogen) atoms. The lowest BCUT2D eigenvalue weighted by atomic mass is 9.99. The van der Waals surface area contributed by atoms with Crippen LogP contribution in [0.1, 0.15) is 46.5 Å². The summed E-state index contributed by atoms with van der Waals surface area (Å²) in [4.78, 5) is 27.5. The van der Waals surface area contributed by atoms with Crippen molar-refractivity contribution >= 4 is 22.8 Å². The van der Waals surface area contributed by atoms with Gasteiger partial charge in [0.05, 0.1) is 12.2 Å². The average molecular weight is 393 g/mol. The normalized spacial score (nSPS) is 16.9. The molecule has 2 aromatic heterocycles. The number of likely N-dealkylation sites (tertiary alicyclic amines) is 1. The van der Waals surface area contributed by atoms with Crippen LogP contribution in [0.2, 0.25) is 0 Å². The van der Waals surface area contributed by atoms with Crippen LogP contribution in [0.4, 0.5) is 0 Å². The van der Waals surface area contributed by atoms with Gasteiger partial charge in [-0.25, -0.2) is 4.79 Å². The lowest BCUT2D eigenvalue weighted by Crippen LogP contribution is -2.44. The number of amides is 1. The molecule has 3 heterocycles. The highest BCUT2D eigenvalue weighted by Gasteiger charge is 2.28. The van der Waals surface area contributed by atoms with E-state index in [1.807, 2.05) is 76.9 Å². The van der Waals surface area contributed by atoms with Crippen molar-refractivity contribution in [2.45, 2.75) is 31.7 Å². The molecule has 4 rings (SSSR count). The molecular weight excluding hydrogens is 366 g/mol. The summed E-state index contributed by atoms with van der Waals surface area (Å²) in [5.41, 5.74) is 2.29. The molecule has 1 aliphatic rings. The fourth-order valence-electron chi connectivity index (χ4n) is 4.27. The van der Waals surface area contributed by atoms with Crippen LogP contribution in [0.25, 0.3) is 10.9 Å². The maximum absolute atomic E-state index is 13.0. The summed E-state index contributed by atoms with van der Waals surface area (Å²) in [5, 5.41) is 0.901. The Hall–Kier alpha value is -3.02. The van der Waals surface area contributed by atoms with Gasteiger partial charge in [-0.2, -0.15) is 0 Å². The predicted octanol–water partition coefficient (Wildman–Crippen LogP) is 3.76. The minimum absolute atomic E-state index is 0.0579. The Balaban J connectivity index is 1.40. The SMILES string of the molecule is Cn1cccc1C(=O)N1CCCCC1CCOC(=O)c1cn(C)c2ccccc12. The van der Waals surface area contributed by atoms with E-state index in [0.717, 1.165) is 36.7 Å². The summed E-state index contributed by atoms with van der Waals surface area (Å²) in [6.45, 7) is 1.07. The van der Waals surface area contributed by atoms with Gasteiger partial charge in [-0.3, -0.25) is 4.79 Å². The molecule has 1 aliphatic heterocycles. The average Bonchev–Trinajstić information content (AvgIpc) is 3.31. The second-order valence-corrected chi connectivity index (χ2v) is 7.75. The largest absolute Gasteiger partial charge is 0.462 e. The van der Waals surface area contributed by atoms with E-state index in [1.165, 1.54) is 0 Å². The Morgan fingerprint density at radius 1 is 1.07 bits per heavy atom. The van der Waals surface area contributed by atoms with Crippen molar-refractivity contribution in [1.29, 1.82) is 0 Å². The van der Waals surface area contributed by atoms with Gasteiger partial charge >= 0.3 is 5.97 Å². The monoisotopic (exact) mass is 393 g/mol. The number of benzene rings is 1. The second kappa shape index (κ2) is 8.15. The smallest absolute Gasteiger partial charge is 0.340 e. The van der Waals surface area contributed by atoms with Crippen LogP contribution in [0.5, 0.6) is 0 Å². The molecule has 1 saturated heterocycles. The first kappa shape index (κ1) is 19.3. The molecular formula is C23H27N3O3. The fraction of sp³-hybridized carbons (Fsp3) is 0.391. The number of hydrogen-bond donors (Lipinski definition) is 0. The summed E-state index contributed by atoms with van der Waals surface area (Å²) in [7, 11) is 3.81. The zero-order valence-corrected chi connectivity index (χ0v) is 17.0. The van der Waals surface area contributed by atoms with Gasteiger partial charge in [0.1, 0.15) is 5.69 Å². The van der Waals surface area contributed by atoms with Crippen LogP contribution in [-0.2, 0) is 18.8 Å². The predicted molar refractivity (Wildman–Crippen MR) is 112 cm³/mol. The van der Waals surface area contributed by atoms with Crippen LogP contribution < -0.4 is 0 Å². The summed E-state index contributed by atoms with van der Waals surface area (Å²) in [6.07, 6.45) is 7.42. The lowest BCUT2D eigenvalue weighted by Gasteiger charge is -2.35. The fourth-order valence-corrected chi connectivity index (χ4v) is 4.27. The number of carbonyl (C=O) groups is 2. The zero-order chi connectivity index (χ0) is 20.4. The van der Waals surface area contributed by atoms with Crippen LogP contribution in [-0.4, -0.2) is 45.1 Å². The molecule has 1 aromatic carbocycles. The molecule has 1 fully saturated rings. The number of esters is 1. The van der Waals surface area contributed by atoms with Gasteiger partial charge in [-0.05, 0) is 37.5 Å². The number of rotatable bonds is 5. The number of piperidine rings is 1. The van der Waals surface area contributed by atoms with E-state index in [9.17, 15) is 9.59 Å². The van der Waals surface area contributed by atoms with Gasteiger partial charge < -0.3 is 18.8 Å². The molecule has 6 nitrogen and oxygen atoms in total. The van der Waals surface area contributed by atoms with Crippen molar-refractivity contribution in [2.24, 2.45) is 14.1 Å². The third kappa shape index (κ3) is 3.79. The third-order valence-corrected chi connectivity index (χ3v) is 5.85. The summed E-state index contributed by atoms with van der Waals surface area (Å²) < 4.78 is 9.39. The maximum atomic E-state index is 13.0. The topological polar surface area (TPSA) is 56.5 Å². The Morgan fingerprint density at radius 2 is 1.90 bits per heavy atom. The lowest BCUT2D eigenvalue weighted by molar-refractivity contribution is 0.0408. The van der Waals surface area contributed by atoms with Crippen LogP contribution in [0.15, 0.2) is 48.8 Å². The number of aryl methyl sites for hydroxylation is 2. The quantitative estimate of drug-likeness (QED) is 0.620. The summed E-state index contributed by atoms with van der Waals surface area (Å²) in [6, 6.07) is 11.7. The standard InChI is InChI=1S/C23H27N3O3/c1-24-13-7-11-21(24)22(27)26-14-6-5-8-17(26)12-15-29-23(28)19-16-25(2)20-10-4-3-9-18(19)20/h3-4,7,9-11,13,16-17H,5-6,8,12,14-15H2,1-2H3. The minimum atomic E-state index is -0.307. The maximum Gasteiger partial charge on any atom is 0.340 e. The Labute approximate surface area is 170 Å². The second-order valence-electron chi connectivity index (χ2n) is 7.75. The molecule has 6 heteroatoms. The number of aromatic nitrogens is 2. The number of nitrogens with zero attached hydrogens (tertiary/aromatic N) is 3. The van der Waals surface area contributed by atoms with Crippen molar-refractivity contribution < 1.29 is 14.3 Å². The van der Waals surface area contributed by atoms with E-state index in [2.05, 4.69) is 0 Å². The molecule has 0 radical (unpaired) electrons. The van der Waals surface area contributed by atoms with Gasteiger partial charge in [-0.15, -0.1) is 0 Å². The highest BCUT2D eigenvalue weighted by Crippen LogP contribution is 2.24. The molecule has 0 spiro atoms. The first-order valence-corrected chi connectivity index (χ1v) is 10.2. The molecule has 0 bridgehead atoms. The molecule has 0 aliphatic carbocycles. The number of hydrogen-bond acceptors (Lipinski definition) is 3. The molecule has 3 aromatic rings. The first-order chi connectivity index (χ1) is 14.1. The summed E-state index contributed by atoms with van der Waals surface area (Å²) in [5.74, 6) is -0.250. The van der Waals surface area contributed by atoms with Crippen molar-refractivity contribution in [1.82, 2.24) is 14.0 Å². The molecule has 1 unspecified atom stereocenters. The van der Waals surface area contributed by atoms with Crippen LogP contribution in [0, 0.1) is 0 Å². The van der Waals surface area contributed by atoms with Crippen molar-refractivity contribution in [3.8, 4) is 0 Å². The van der Waals surface area contributed by atoms with Crippen molar-refractivity contribution in [3.05, 3.63) is 60.0 Å². The Morgan fingerprint density at radius 3 is 2.69 bits per heavy atom. The van der Waals surface area contributed by atoms with E-state index in [0.29, 0.717) is 24.3 Å². The van der Waals surface area contributed by atoms with Gasteiger partial charge in [0.25, 0.3) is 5.91 Å². The highest BCUT2D eigenvalue weighted by atomic mass is 16.5. The Bertz CT molecular complexity index is 1030.